The average Bonchev–Trinajstić information content (AvgIpc) is 3.78. The molecule has 6 rings (SSSR count). The summed E-state index contributed by atoms with van der Waals surface area (Å²) in [5.74, 6) is 0.497. The maximum atomic E-state index is 14.3. The maximum Gasteiger partial charge on any atom is 0.333 e. The van der Waals surface area contributed by atoms with E-state index in [1.54, 1.807) is 14.0 Å². The molecular formula is C32H34N4O7S. The third-order valence-electron chi connectivity index (χ3n) is 9.27. The molecule has 0 amide bonds. The highest BCUT2D eigenvalue weighted by Crippen LogP contribution is 2.49. The number of aliphatic carboxylic acids is 1. The van der Waals surface area contributed by atoms with E-state index in [2.05, 4.69) is 11.1 Å². The molecule has 0 bridgehead atoms. The van der Waals surface area contributed by atoms with Crippen molar-refractivity contribution in [2.75, 3.05) is 7.11 Å². The Kier molecular flexibility index (Phi) is 7.71. The number of oxazole rings is 1. The fraction of sp³-hybridized carbons (Fsp3) is 0.469. The standard InChI is InChI=1S/C32H34N4O7S/c1-17-25-28(37)36(32(2,3)30(38)39)31(40)35(29(25)44-26(17)27-34-9-10-42-27)16-24(22-7-5-6-8-23(22)41-4)43-21-13-19-11-18(15-33)12-20(19)14-21/h5-10,18-21,24H,11-14,16H2,1-4H3,(H,38,39). The van der Waals surface area contributed by atoms with Crippen LogP contribution in [0.4, 0.5) is 0 Å². The Morgan fingerprint density at radius 2 is 1.93 bits per heavy atom. The Hall–Kier alpha value is -4.21. The van der Waals surface area contributed by atoms with Gasteiger partial charge in [0.1, 0.15) is 28.5 Å². The first-order chi connectivity index (χ1) is 21.0. The predicted molar refractivity (Wildman–Crippen MR) is 163 cm³/mol. The van der Waals surface area contributed by atoms with Crippen LogP contribution in [0.2, 0.25) is 0 Å². The van der Waals surface area contributed by atoms with Crippen molar-refractivity contribution >= 4 is 27.5 Å². The van der Waals surface area contributed by atoms with Crippen molar-refractivity contribution < 1.29 is 23.8 Å². The maximum absolute atomic E-state index is 14.3. The summed E-state index contributed by atoms with van der Waals surface area (Å²) in [6.07, 6.45) is 5.54. The van der Waals surface area contributed by atoms with Crippen molar-refractivity contribution in [1.29, 1.82) is 5.26 Å². The third-order valence-corrected chi connectivity index (χ3v) is 10.6. The minimum absolute atomic E-state index is 0.00329. The van der Waals surface area contributed by atoms with Gasteiger partial charge in [0.25, 0.3) is 5.56 Å². The first-order valence-corrected chi connectivity index (χ1v) is 15.5. The number of benzene rings is 1. The Morgan fingerprint density at radius 1 is 1.23 bits per heavy atom. The van der Waals surface area contributed by atoms with E-state index in [9.17, 15) is 24.8 Å². The molecule has 2 aliphatic rings. The van der Waals surface area contributed by atoms with Crippen molar-refractivity contribution in [3.63, 3.8) is 0 Å². The zero-order valence-corrected chi connectivity index (χ0v) is 25.8. The number of para-hydroxylation sites is 1. The highest BCUT2D eigenvalue weighted by atomic mass is 32.1. The molecule has 1 aromatic carbocycles. The zero-order valence-electron chi connectivity index (χ0n) is 25.0. The molecule has 0 saturated heterocycles. The number of thiophene rings is 1. The number of nitriles is 1. The molecule has 4 aromatic rings. The smallest absolute Gasteiger partial charge is 0.333 e. The summed E-state index contributed by atoms with van der Waals surface area (Å²) in [6, 6.07) is 9.86. The van der Waals surface area contributed by atoms with Crippen LogP contribution >= 0.6 is 11.3 Å². The summed E-state index contributed by atoms with van der Waals surface area (Å²) in [6.45, 7) is 4.42. The fourth-order valence-electron chi connectivity index (χ4n) is 6.96. The van der Waals surface area contributed by atoms with Gasteiger partial charge in [-0.1, -0.05) is 18.2 Å². The Balaban J connectivity index is 1.51. The fourth-order valence-corrected chi connectivity index (χ4v) is 8.20. The van der Waals surface area contributed by atoms with Crippen molar-refractivity contribution in [2.45, 2.75) is 70.7 Å². The van der Waals surface area contributed by atoms with Crippen molar-refractivity contribution in [2.24, 2.45) is 17.8 Å². The monoisotopic (exact) mass is 618 g/mol. The second kappa shape index (κ2) is 11.4. The molecule has 3 atom stereocenters. The van der Waals surface area contributed by atoms with Gasteiger partial charge in [0.15, 0.2) is 0 Å². The van der Waals surface area contributed by atoms with Crippen molar-refractivity contribution in [1.82, 2.24) is 14.1 Å². The Bertz CT molecular complexity index is 1870. The lowest BCUT2D eigenvalue weighted by atomic mass is 10.0. The van der Waals surface area contributed by atoms with E-state index in [4.69, 9.17) is 13.9 Å². The van der Waals surface area contributed by atoms with Gasteiger partial charge in [-0.15, -0.1) is 11.3 Å². The highest BCUT2D eigenvalue weighted by Gasteiger charge is 2.43. The van der Waals surface area contributed by atoms with Gasteiger partial charge in [0, 0.05) is 11.5 Å². The largest absolute Gasteiger partial charge is 0.496 e. The van der Waals surface area contributed by atoms with E-state index < -0.39 is 28.9 Å². The number of nitrogens with zero attached hydrogens (tertiary/aromatic N) is 4. The van der Waals surface area contributed by atoms with Crippen LogP contribution in [0.25, 0.3) is 21.0 Å². The molecule has 1 N–H and O–H groups in total. The lowest BCUT2D eigenvalue weighted by Gasteiger charge is -2.27. The molecule has 0 radical (unpaired) electrons. The molecule has 0 spiro atoms. The molecule has 230 valence electrons. The summed E-state index contributed by atoms with van der Waals surface area (Å²) in [5.41, 5.74) is -1.99. The van der Waals surface area contributed by atoms with Gasteiger partial charge < -0.3 is 19.0 Å². The van der Waals surface area contributed by atoms with Gasteiger partial charge in [0.05, 0.1) is 42.3 Å². The third kappa shape index (κ3) is 4.94. The van der Waals surface area contributed by atoms with E-state index in [1.165, 1.54) is 42.2 Å². The lowest BCUT2D eigenvalue weighted by Crippen LogP contribution is -2.52. The van der Waals surface area contributed by atoms with Gasteiger partial charge in [0.2, 0.25) is 5.89 Å². The number of aryl methyl sites for hydroxylation is 1. The summed E-state index contributed by atoms with van der Waals surface area (Å²) in [4.78, 5) is 45.8. The van der Waals surface area contributed by atoms with Gasteiger partial charge in [-0.05, 0) is 69.9 Å². The first-order valence-electron chi connectivity index (χ1n) is 14.7. The summed E-state index contributed by atoms with van der Waals surface area (Å²) >= 11 is 1.20. The molecule has 3 unspecified atom stereocenters. The first kappa shape index (κ1) is 29.8. The SMILES string of the molecule is COc1ccccc1C(Cn1c(=O)n(C(C)(C)C(=O)O)c(=O)c2c(C)c(-c3ncco3)sc21)OC1CC2CC(C#N)CC2C1. The van der Waals surface area contributed by atoms with Crippen LogP contribution < -0.4 is 16.0 Å². The minimum Gasteiger partial charge on any atom is -0.496 e. The quantitative estimate of drug-likeness (QED) is 0.270. The number of ether oxygens (including phenoxy) is 2. The normalized spacial score (nSPS) is 22.2. The van der Waals surface area contributed by atoms with E-state index in [0.717, 1.165) is 35.8 Å². The molecule has 3 aromatic heterocycles. The lowest BCUT2D eigenvalue weighted by molar-refractivity contribution is -0.146. The number of hydrogen-bond donors (Lipinski definition) is 1. The van der Waals surface area contributed by atoms with Crippen LogP contribution in [0.15, 0.2) is 50.7 Å². The second-order valence-corrected chi connectivity index (χ2v) is 13.2. The molecule has 44 heavy (non-hydrogen) atoms. The van der Waals surface area contributed by atoms with Gasteiger partial charge in [-0.25, -0.2) is 19.1 Å². The second-order valence-electron chi connectivity index (χ2n) is 12.2. The van der Waals surface area contributed by atoms with Crippen LogP contribution in [0.1, 0.15) is 56.8 Å². The number of hydrogen-bond acceptors (Lipinski definition) is 9. The van der Waals surface area contributed by atoms with E-state index in [0.29, 0.717) is 38.7 Å². The Morgan fingerprint density at radius 3 is 2.55 bits per heavy atom. The number of carboxylic acids is 1. The number of rotatable bonds is 9. The van der Waals surface area contributed by atoms with E-state index >= 15 is 0 Å². The molecule has 3 heterocycles. The van der Waals surface area contributed by atoms with Crippen LogP contribution in [0, 0.1) is 36.0 Å². The number of carbonyl (C=O) groups is 1. The summed E-state index contributed by atoms with van der Waals surface area (Å²) < 4.78 is 20.3. The van der Waals surface area contributed by atoms with E-state index in [1.807, 2.05) is 24.3 Å². The highest BCUT2D eigenvalue weighted by molar-refractivity contribution is 7.22. The van der Waals surface area contributed by atoms with Gasteiger partial charge in [-0.2, -0.15) is 5.26 Å². The number of carboxylic acid groups (broad SMARTS) is 1. The number of fused-ring (bicyclic) bond motifs is 2. The van der Waals surface area contributed by atoms with Crippen LogP contribution in [0.5, 0.6) is 5.75 Å². The molecule has 11 nitrogen and oxygen atoms in total. The summed E-state index contributed by atoms with van der Waals surface area (Å²) in [5, 5.41) is 19.7. The molecule has 2 aliphatic carbocycles. The predicted octanol–water partition coefficient (Wildman–Crippen LogP) is 5.10. The Labute approximate surface area is 257 Å². The molecule has 2 fully saturated rings. The molecular weight excluding hydrogens is 584 g/mol. The minimum atomic E-state index is -1.83. The van der Waals surface area contributed by atoms with Crippen molar-refractivity contribution in [3.05, 3.63) is 68.7 Å². The number of methoxy groups -OCH3 is 1. The van der Waals surface area contributed by atoms with Crippen molar-refractivity contribution in [3.8, 4) is 22.6 Å². The van der Waals surface area contributed by atoms with Gasteiger partial charge in [-0.3, -0.25) is 9.36 Å². The van der Waals surface area contributed by atoms with Gasteiger partial charge >= 0.3 is 11.7 Å². The zero-order chi connectivity index (χ0) is 31.3. The number of aromatic nitrogens is 3. The average molecular weight is 619 g/mol. The topological polar surface area (TPSA) is 150 Å². The van der Waals surface area contributed by atoms with E-state index in [-0.39, 0.29) is 24.0 Å². The molecule has 2 saturated carbocycles. The summed E-state index contributed by atoms with van der Waals surface area (Å²) in [7, 11) is 1.57. The van der Waals surface area contributed by atoms with Crippen LogP contribution in [-0.2, 0) is 21.6 Å². The molecule has 12 heteroatoms. The van der Waals surface area contributed by atoms with Crippen LogP contribution in [0.3, 0.4) is 0 Å². The van der Waals surface area contributed by atoms with Crippen LogP contribution in [-0.4, -0.2) is 38.4 Å². The molecule has 0 aliphatic heterocycles.